The molecule has 88 valence electrons. The fourth-order valence-electron chi connectivity index (χ4n) is 1.43. The smallest absolute Gasteiger partial charge is 0.150 e. The second-order valence-corrected chi connectivity index (χ2v) is 4.88. The number of pyridine rings is 1. The summed E-state index contributed by atoms with van der Waals surface area (Å²) in [5.74, 6) is -0.594. The first-order chi connectivity index (χ1) is 8.00. The molecule has 0 spiro atoms. The van der Waals surface area contributed by atoms with Crippen molar-refractivity contribution in [1.29, 1.82) is 0 Å². The summed E-state index contributed by atoms with van der Waals surface area (Å²) in [6.07, 6.45) is 2.36. The summed E-state index contributed by atoms with van der Waals surface area (Å²) >= 11 is 23.7. The van der Waals surface area contributed by atoms with E-state index in [4.69, 9.17) is 46.4 Å². The number of hydrogen-bond acceptors (Lipinski definition) is 1. The molecule has 0 saturated carbocycles. The van der Waals surface area contributed by atoms with Gasteiger partial charge in [-0.15, -0.1) is 0 Å². The van der Waals surface area contributed by atoms with Crippen LogP contribution in [0.5, 0.6) is 0 Å². The minimum absolute atomic E-state index is 0.119. The van der Waals surface area contributed by atoms with Crippen LogP contribution in [0.4, 0.5) is 4.39 Å². The third-order valence-corrected chi connectivity index (χ3v) is 3.21. The van der Waals surface area contributed by atoms with Crippen molar-refractivity contribution in [3.63, 3.8) is 0 Å². The van der Waals surface area contributed by atoms with Crippen LogP contribution in [0, 0.1) is 5.82 Å². The van der Waals surface area contributed by atoms with E-state index < -0.39 is 5.82 Å². The van der Waals surface area contributed by atoms with Crippen molar-refractivity contribution in [2.24, 2.45) is 0 Å². The van der Waals surface area contributed by atoms with Gasteiger partial charge in [0.1, 0.15) is 0 Å². The Labute approximate surface area is 117 Å². The Kier molecular flexibility index (Phi) is 3.79. The first-order valence-electron chi connectivity index (χ1n) is 4.44. The van der Waals surface area contributed by atoms with Crippen molar-refractivity contribution < 1.29 is 4.39 Å². The molecule has 0 amide bonds. The molecular weight excluding hydrogens is 307 g/mol. The van der Waals surface area contributed by atoms with Gasteiger partial charge in [0.15, 0.2) is 5.82 Å². The second-order valence-electron chi connectivity index (χ2n) is 3.22. The quantitative estimate of drug-likeness (QED) is 0.677. The fraction of sp³-hybridized carbons (Fsp3) is 0. The lowest BCUT2D eigenvalue weighted by molar-refractivity contribution is 0.625. The Bertz CT molecular complexity index is 542. The molecule has 6 heteroatoms. The van der Waals surface area contributed by atoms with Gasteiger partial charge in [0.2, 0.25) is 0 Å². The summed E-state index contributed by atoms with van der Waals surface area (Å²) in [7, 11) is 0. The first-order valence-corrected chi connectivity index (χ1v) is 5.96. The molecule has 0 aliphatic carbocycles. The van der Waals surface area contributed by atoms with Crippen LogP contribution in [0.3, 0.4) is 0 Å². The maximum absolute atomic E-state index is 13.7. The van der Waals surface area contributed by atoms with E-state index in [-0.39, 0.29) is 20.6 Å². The van der Waals surface area contributed by atoms with Crippen LogP contribution < -0.4 is 0 Å². The van der Waals surface area contributed by atoms with E-state index in [2.05, 4.69) is 4.98 Å². The first kappa shape index (κ1) is 12.9. The van der Waals surface area contributed by atoms with Crippen molar-refractivity contribution in [2.75, 3.05) is 0 Å². The van der Waals surface area contributed by atoms with Gasteiger partial charge in [-0.25, -0.2) is 4.39 Å². The zero-order chi connectivity index (χ0) is 12.6. The standard InChI is InChI=1S/C11H4Cl4FN/c12-5-1-6(13)10(7(14)2-5)11-8(15)3-17-4-9(11)16/h1-4H. The highest BCUT2D eigenvalue weighted by Crippen LogP contribution is 2.41. The largest absolute Gasteiger partial charge is 0.260 e. The molecule has 1 nitrogen and oxygen atoms in total. The Morgan fingerprint density at radius 2 is 1.41 bits per heavy atom. The molecule has 0 aliphatic rings. The molecule has 1 aromatic carbocycles. The van der Waals surface area contributed by atoms with Gasteiger partial charge >= 0.3 is 0 Å². The zero-order valence-electron chi connectivity index (χ0n) is 8.15. The molecule has 0 aliphatic heterocycles. The minimum atomic E-state index is -0.594. The fourth-order valence-corrected chi connectivity index (χ4v) is 2.68. The van der Waals surface area contributed by atoms with Gasteiger partial charge in [-0.3, -0.25) is 4.98 Å². The van der Waals surface area contributed by atoms with Gasteiger partial charge in [-0.05, 0) is 12.1 Å². The number of hydrogen-bond donors (Lipinski definition) is 0. The molecule has 17 heavy (non-hydrogen) atoms. The molecule has 1 aromatic heterocycles. The van der Waals surface area contributed by atoms with Crippen molar-refractivity contribution >= 4 is 46.4 Å². The van der Waals surface area contributed by atoms with Gasteiger partial charge in [0, 0.05) is 22.3 Å². The highest BCUT2D eigenvalue weighted by atomic mass is 35.5. The summed E-state index contributed by atoms with van der Waals surface area (Å²) in [4.78, 5) is 3.63. The Hall–Kier alpha value is -0.540. The van der Waals surface area contributed by atoms with Crippen LogP contribution in [0.2, 0.25) is 20.1 Å². The number of aromatic nitrogens is 1. The lowest BCUT2D eigenvalue weighted by Gasteiger charge is -2.10. The molecule has 0 atom stereocenters. The van der Waals surface area contributed by atoms with E-state index in [0.717, 1.165) is 6.20 Å². The number of halogens is 5. The summed E-state index contributed by atoms with van der Waals surface area (Å²) in [6.45, 7) is 0. The molecule has 0 radical (unpaired) electrons. The molecular formula is C11H4Cl4FN. The number of benzene rings is 1. The molecule has 0 unspecified atom stereocenters. The normalized spacial score (nSPS) is 10.6. The molecule has 0 fully saturated rings. The third-order valence-electron chi connectivity index (χ3n) is 2.11. The second kappa shape index (κ2) is 4.99. The van der Waals surface area contributed by atoms with E-state index in [9.17, 15) is 4.39 Å². The Morgan fingerprint density at radius 1 is 0.824 bits per heavy atom. The lowest BCUT2D eigenvalue weighted by Crippen LogP contribution is -1.90. The molecule has 1 heterocycles. The van der Waals surface area contributed by atoms with Crippen LogP contribution in [0.15, 0.2) is 24.5 Å². The number of nitrogens with zero attached hydrogens (tertiary/aromatic N) is 1. The van der Waals surface area contributed by atoms with Gasteiger partial charge in [-0.2, -0.15) is 0 Å². The van der Waals surface area contributed by atoms with Crippen LogP contribution in [-0.2, 0) is 0 Å². The maximum Gasteiger partial charge on any atom is 0.150 e. The number of rotatable bonds is 1. The molecule has 2 rings (SSSR count). The van der Waals surface area contributed by atoms with Crippen molar-refractivity contribution in [3.05, 3.63) is 50.4 Å². The van der Waals surface area contributed by atoms with Crippen LogP contribution in [-0.4, -0.2) is 4.98 Å². The molecule has 0 N–H and O–H groups in total. The van der Waals surface area contributed by atoms with Crippen molar-refractivity contribution in [2.45, 2.75) is 0 Å². The molecule has 2 aromatic rings. The topological polar surface area (TPSA) is 12.9 Å². The van der Waals surface area contributed by atoms with Crippen LogP contribution >= 0.6 is 46.4 Å². The van der Waals surface area contributed by atoms with E-state index >= 15 is 0 Å². The van der Waals surface area contributed by atoms with E-state index in [1.807, 2.05) is 0 Å². The van der Waals surface area contributed by atoms with Gasteiger partial charge in [-0.1, -0.05) is 46.4 Å². The molecule has 0 bridgehead atoms. The summed E-state index contributed by atoms with van der Waals surface area (Å²) in [5.41, 5.74) is 0.427. The van der Waals surface area contributed by atoms with Gasteiger partial charge < -0.3 is 0 Å². The predicted molar refractivity (Wildman–Crippen MR) is 69.7 cm³/mol. The SMILES string of the molecule is Fc1cncc(Cl)c1-c1c(Cl)cc(Cl)cc1Cl. The highest BCUT2D eigenvalue weighted by molar-refractivity contribution is 6.43. The maximum atomic E-state index is 13.7. The summed E-state index contributed by atoms with van der Waals surface area (Å²) in [5, 5.41) is 0.967. The lowest BCUT2D eigenvalue weighted by atomic mass is 10.1. The summed E-state index contributed by atoms with van der Waals surface area (Å²) < 4.78 is 13.7. The van der Waals surface area contributed by atoms with Crippen molar-refractivity contribution in [1.82, 2.24) is 4.98 Å². The third kappa shape index (κ3) is 2.50. The van der Waals surface area contributed by atoms with E-state index in [0.29, 0.717) is 10.6 Å². The van der Waals surface area contributed by atoms with Crippen LogP contribution in [0.25, 0.3) is 11.1 Å². The van der Waals surface area contributed by atoms with E-state index in [1.54, 1.807) is 0 Å². The average molecular weight is 311 g/mol. The van der Waals surface area contributed by atoms with Gasteiger partial charge in [0.25, 0.3) is 0 Å². The van der Waals surface area contributed by atoms with Gasteiger partial charge in [0.05, 0.1) is 21.3 Å². The van der Waals surface area contributed by atoms with Crippen molar-refractivity contribution in [3.8, 4) is 11.1 Å². The minimum Gasteiger partial charge on any atom is -0.260 e. The Balaban J connectivity index is 2.77. The highest BCUT2D eigenvalue weighted by Gasteiger charge is 2.17. The zero-order valence-corrected chi connectivity index (χ0v) is 11.2. The monoisotopic (exact) mass is 309 g/mol. The Morgan fingerprint density at radius 3 is 1.94 bits per heavy atom. The van der Waals surface area contributed by atoms with Crippen LogP contribution in [0.1, 0.15) is 0 Å². The summed E-state index contributed by atoms with van der Waals surface area (Å²) in [6, 6.07) is 2.95. The molecule has 0 saturated heterocycles. The predicted octanol–water partition coefficient (Wildman–Crippen LogP) is 5.50. The van der Waals surface area contributed by atoms with E-state index in [1.165, 1.54) is 18.3 Å². The average Bonchev–Trinajstić information content (AvgIpc) is 2.21.